The Bertz CT molecular complexity index is 941. The summed E-state index contributed by atoms with van der Waals surface area (Å²) in [6, 6.07) is 18.0. The minimum atomic E-state index is -0.610. The highest BCUT2D eigenvalue weighted by molar-refractivity contribution is 6.04. The molecular formula is C21H18N2O4. The van der Waals surface area contributed by atoms with Crippen LogP contribution in [0, 0.1) is 0 Å². The number of para-hydroxylation sites is 2. The third-order valence-corrected chi connectivity index (χ3v) is 4.37. The third-order valence-electron chi connectivity index (χ3n) is 4.37. The van der Waals surface area contributed by atoms with E-state index in [0.717, 1.165) is 11.3 Å². The van der Waals surface area contributed by atoms with Crippen molar-refractivity contribution in [3.63, 3.8) is 0 Å². The molecule has 0 saturated carbocycles. The molecule has 0 spiro atoms. The number of furan rings is 1. The highest BCUT2D eigenvalue weighted by atomic mass is 16.5. The molecule has 2 N–H and O–H groups in total. The van der Waals surface area contributed by atoms with E-state index in [2.05, 4.69) is 10.6 Å². The predicted molar refractivity (Wildman–Crippen MR) is 99.5 cm³/mol. The van der Waals surface area contributed by atoms with Crippen molar-refractivity contribution in [1.82, 2.24) is 5.32 Å². The van der Waals surface area contributed by atoms with Crippen molar-refractivity contribution in [3.8, 4) is 5.75 Å². The summed E-state index contributed by atoms with van der Waals surface area (Å²) in [4.78, 5) is 25.1. The van der Waals surface area contributed by atoms with Gasteiger partial charge in [-0.3, -0.25) is 9.59 Å². The third kappa shape index (κ3) is 3.69. The van der Waals surface area contributed by atoms with E-state index in [-0.39, 0.29) is 18.4 Å². The Morgan fingerprint density at radius 1 is 1.00 bits per heavy atom. The molecule has 4 rings (SSSR count). The van der Waals surface area contributed by atoms with E-state index in [9.17, 15) is 9.59 Å². The predicted octanol–water partition coefficient (Wildman–Crippen LogP) is 3.15. The van der Waals surface area contributed by atoms with E-state index in [4.69, 9.17) is 9.15 Å². The van der Waals surface area contributed by atoms with Gasteiger partial charge in [0.25, 0.3) is 11.8 Å². The molecule has 2 amide bonds. The van der Waals surface area contributed by atoms with Gasteiger partial charge in [-0.2, -0.15) is 0 Å². The fourth-order valence-corrected chi connectivity index (χ4v) is 3.01. The number of ether oxygens (including phenoxy) is 1. The first kappa shape index (κ1) is 16.9. The van der Waals surface area contributed by atoms with E-state index >= 15 is 0 Å². The Morgan fingerprint density at radius 3 is 2.63 bits per heavy atom. The molecular weight excluding hydrogens is 344 g/mol. The zero-order valence-corrected chi connectivity index (χ0v) is 14.5. The highest BCUT2D eigenvalue weighted by Crippen LogP contribution is 2.29. The molecule has 1 unspecified atom stereocenters. The van der Waals surface area contributed by atoms with Crippen LogP contribution >= 0.6 is 0 Å². The number of fused-ring (bicyclic) bond motifs is 1. The van der Waals surface area contributed by atoms with Crippen LogP contribution in [0.3, 0.4) is 0 Å². The molecule has 3 aromatic rings. The van der Waals surface area contributed by atoms with Gasteiger partial charge in [0.1, 0.15) is 11.5 Å². The zero-order chi connectivity index (χ0) is 18.6. The summed E-state index contributed by atoms with van der Waals surface area (Å²) in [5.41, 5.74) is 1.83. The maximum atomic E-state index is 12.6. The first-order valence-corrected chi connectivity index (χ1v) is 8.66. The van der Waals surface area contributed by atoms with Crippen LogP contribution in [0.4, 0.5) is 5.69 Å². The van der Waals surface area contributed by atoms with Crippen molar-refractivity contribution in [2.24, 2.45) is 0 Å². The molecule has 1 aromatic heterocycles. The highest BCUT2D eigenvalue weighted by Gasteiger charge is 2.29. The summed E-state index contributed by atoms with van der Waals surface area (Å²) in [5, 5.41) is 5.60. The molecule has 136 valence electrons. The Balaban J connectivity index is 1.43. The van der Waals surface area contributed by atoms with Gasteiger partial charge in [-0.05, 0) is 35.9 Å². The van der Waals surface area contributed by atoms with Crippen LogP contribution in [0.2, 0.25) is 0 Å². The number of carbonyl (C=O) groups is 2. The summed E-state index contributed by atoms with van der Waals surface area (Å²) in [6.45, 7) is 0.273. The number of amides is 2. The quantitative estimate of drug-likeness (QED) is 0.731. The van der Waals surface area contributed by atoms with E-state index in [1.807, 2.05) is 24.3 Å². The minimum Gasteiger partial charge on any atom is -0.480 e. The van der Waals surface area contributed by atoms with Crippen molar-refractivity contribution in [1.29, 1.82) is 0 Å². The number of benzene rings is 2. The van der Waals surface area contributed by atoms with Gasteiger partial charge >= 0.3 is 0 Å². The fourth-order valence-electron chi connectivity index (χ4n) is 3.01. The summed E-state index contributed by atoms with van der Waals surface area (Å²) in [5.74, 6) is 0.805. The van der Waals surface area contributed by atoms with Gasteiger partial charge in [0, 0.05) is 6.42 Å². The van der Waals surface area contributed by atoms with Gasteiger partial charge < -0.3 is 19.8 Å². The molecule has 1 atom stereocenters. The summed E-state index contributed by atoms with van der Waals surface area (Å²) >= 11 is 0. The molecule has 0 aliphatic carbocycles. The lowest BCUT2D eigenvalue weighted by Gasteiger charge is -2.14. The second kappa shape index (κ2) is 7.37. The maximum absolute atomic E-state index is 12.6. The monoisotopic (exact) mass is 362 g/mol. The maximum Gasteiger partial charge on any atom is 0.265 e. The fraction of sp³-hybridized carbons (Fsp3) is 0.143. The second-order valence-electron chi connectivity index (χ2n) is 6.22. The second-order valence-corrected chi connectivity index (χ2v) is 6.22. The number of hydrogen-bond acceptors (Lipinski definition) is 4. The lowest BCUT2D eigenvalue weighted by atomic mass is 10.1. The Labute approximate surface area is 156 Å². The van der Waals surface area contributed by atoms with Crippen LogP contribution in [-0.4, -0.2) is 17.9 Å². The van der Waals surface area contributed by atoms with Gasteiger partial charge in [-0.25, -0.2) is 0 Å². The molecule has 6 heteroatoms. The first-order chi connectivity index (χ1) is 13.2. The topological polar surface area (TPSA) is 80.6 Å². The van der Waals surface area contributed by atoms with Crippen LogP contribution in [0.15, 0.2) is 71.3 Å². The first-order valence-electron chi connectivity index (χ1n) is 8.66. The van der Waals surface area contributed by atoms with Crippen molar-refractivity contribution in [2.75, 3.05) is 5.32 Å². The van der Waals surface area contributed by atoms with Gasteiger partial charge in [0.05, 0.1) is 24.1 Å². The molecule has 0 radical (unpaired) electrons. The SMILES string of the molecule is O=C(NCc1ccco1)c1ccccc1NC(=O)C1Cc2ccccc2O1. The lowest BCUT2D eigenvalue weighted by molar-refractivity contribution is -0.122. The van der Waals surface area contributed by atoms with Crippen molar-refractivity contribution in [2.45, 2.75) is 19.1 Å². The van der Waals surface area contributed by atoms with Crippen molar-refractivity contribution < 1.29 is 18.7 Å². The molecule has 2 aromatic carbocycles. The van der Waals surface area contributed by atoms with Crippen LogP contribution in [-0.2, 0) is 17.8 Å². The van der Waals surface area contributed by atoms with Crippen molar-refractivity contribution in [3.05, 3.63) is 83.8 Å². The number of hydrogen-bond donors (Lipinski definition) is 2. The smallest absolute Gasteiger partial charge is 0.265 e. The lowest BCUT2D eigenvalue weighted by Crippen LogP contribution is -2.32. The summed E-state index contributed by atoms with van der Waals surface area (Å²) < 4.78 is 10.9. The van der Waals surface area contributed by atoms with Crippen molar-refractivity contribution >= 4 is 17.5 Å². The largest absolute Gasteiger partial charge is 0.480 e. The Morgan fingerprint density at radius 2 is 1.81 bits per heavy atom. The van der Waals surface area contributed by atoms with Crippen LogP contribution in [0.25, 0.3) is 0 Å². The van der Waals surface area contributed by atoms with Crippen LogP contribution in [0.1, 0.15) is 21.7 Å². The van der Waals surface area contributed by atoms with E-state index in [1.54, 1.807) is 42.7 Å². The Hall–Kier alpha value is -3.54. The van der Waals surface area contributed by atoms with Gasteiger partial charge in [0.2, 0.25) is 0 Å². The number of rotatable bonds is 5. The molecule has 0 saturated heterocycles. The van der Waals surface area contributed by atoms with E-state index in [1.165, 1.54) is 0 Å². The van der Waals surface area contributed by atoms with E-state index in [0.29, 0.717) is 23.4 Å². The summed E-state index contributed by atoms with van der Waals surface area (Å²) in [6.07, 6.45) is 1.45. The molecule has 0 fully saturated rings. The molecule has 27 heavy (non-hydrogen) atoms. The summed E-state index contributed by atoms with van der Waals surface area (Å²) in [7, 11) is 0. The molecule has 0 bridgehead atoms. The van der Waals surface area contributed by atoms with Crippen LogP contribution in [0.5, 0.6) is 5.75 Å². The minimum absolute atomic E-state index is 0.273. The molecule has 6 nitrogen and oxygen atoms in total. The molecule has 1 aliphatic heterocycles. The van der Waals surface area contributed by atoms with Gasteiger partial charge in [-0.15, -0.1) is 0 Å². The van der Waals surface area contributed by atoms with Gasteiger partial charge in [-0.1, -0.05) is 30.3 Å². The molecule has 2 heterocycles. The van der Waals surface area contributed by atoms with E-state index < -0.39 is 6.10 Å². The number of nitrogens with one attached hydrogen (secondary N) is 2. The average Bonchev–Trinajstić information content (AvgIpc) is 3.36. The number of anilines is 1. The number of carbonyl (C=O) groups excluding carboxylic acids is 2. The Kier molecular flexibility index (Phi) is 4.61. The standard InChI is InChI=1S/C21H18N2O4/c24-20(22-13-15-7-5-11-26-15)16-8-2-3-9-17(16)23-21(25)19-12-14-6-1-4-10-18(14)27-19/h1-11,19H,12-13H2,(H,22,24)(H,23,25). The zero-order valence-electron chi connectivity index (χ0n) is 14.5. The van der Waals surface area contributed by atoms with Crippen LogP contribution < -0.4 is 15.4 Å². The molecule has 1 aliphatic rings. The van der Waals surface area contributed by atoms with Gasteiger partial charge in [0.15, 0.2) is 6.10 Å². The average molecular weight is 362 g/mol. The normalized spacial score (nSPS) is 14.9.